The molecule has 4 fully saturated rings. The van der Waals surface area contributed by atoms with Crippen LogP contribution in [0.4, 0.5) is 0 Å². The Hall–Kier alpha value is -0.900. The minimum Gasteiger partial charge on any atom is -0.307 e. The summed E-state index contributed by atoms with van der Waals surface area (Å²) in [5.74, 6) is 4.00. The van der Waals surface area contributed by atoms with Crippen molar-refractivity contribution < 1.29 is 0 Å². The number of aryl methyl sites for hydroxylation is 1. The van der Waals surface area contributed by atoms with Gasteiger partial charge in [-0.3, -0.25) is 4.68 Å². The van der Waals surface area contributed by atoms with Gasteiger partial charge in [-0.15, -0.1) is 0 Å². The second-order valence-electron chi connectivity index (χ2n) is 7.72. The SMILES string of the molecule is CC(NCc1ncn(C)n1)C12CC3CC(CC(C3)C1)C2. The lowest BCUT2D eigenvalue weighted by Crippen LogP contribution is -2.54. The third-order valence-corrected chi connectivity index (χ3v) is 6.22. The molecule has 110 valence electrons. The van der Waals surface area contributed by atoms with E-state index in [1.165, 1.54) is 38.5 Å². The van der Waals surface area contributed by atoms with Gasteiger partial charge in [0.05, 0.1) is 6.54 Å². The zero-order chi connectivity index (χ0) is 13.7. The summed E-state index contributed by atoms with van der Waals surface area (Å²) < 4.78 is 1.78. The number of hydrogen-bond acceptors (Lipinski definition) is 3. The summed E-state index contributed by atoms with van der Waals surface area (Å²) in [6.07, 6.45) is 10.7. The first kappa shape index (κ1) is 12.8. The first-order valence-corrected chi connectivity index (χ1v) is 8.21. The Morgan fingerprint density at radius 2 is 1.85 bits per heavy atom. The lowest BCUT2D eigenvalue weighted by Gasteiger charge is -2.59. The van der Waals surface area contributed by atoms with Crippen molar-refractivity contribution >= 4 is 0 Å². The van der Waals surface area contributed by atoms with Gasteiger partial charge in [-0.2, -0.15) is 5.10 Å². The van der Waals surface area contributed by atoms with Crippen molar-refractivity contribution in [1.29, 1.82) is 0 Å². The third kappa shape index (κ3) is 2.09. The van der Waals surface area contributed by atoms with E-state index in [-0.39, 0.29) is 0 Å². The molecule has 1 aromatic rings. The van der Waals surface area contributed by atoms with Gasteiger partial charge in [-0.05, 0) is 68.6 Å². The summed E-state index contributed by atoms with van der Waals surface area (Å²) in [5, 5.41) is 8.10. The van der Waals surface area contributed by atoms with Crippen LogP contribution in [0.2, 0.25) is 0 Å². The molecule has 4 aliphatic rings. The van der Waals surface area contributed by atoms with Crippen molar-refractivity contribution in [1.82, 2.24) is 20.1 Å². The number of aromatic nitrogens is 3. The van der Waals surface area contributed by atoms with Gasteiger partial charge in [0.25, 0.3) is 0 Å². The lowest BCUT2D eigenvalue weighted by atomic mass is 9.48. The molecule has 4 nitrogen and oxygen atoms in total. The Morgan fingerprint density at radius 3 is 2.35 bits per heavy atom. The molecule has 0 spiro atoms. The second-order valence-corrected chi connectivity index (χ2v) is 7.72. The maximum atomic E-state index is 4.37. The molecular weight excluding hydrogens is 248 g/mol. The maximum Gasteiger partial charge on any atom is 0.164 e. The Morgan fingerprint density at radius 1 is 1.25 bits per heavy atom. The minimum absolute atomic E-state index is 0.573. The molecular formula is C16H26N4. The van der Waals surface area contributed by atoms with E-state index in [0.29, 0.717) is 11.5 Å². The first-order chi connectivity index (χ1) is 9.63. The van der Waals surface area contributed by atoms with Crippen LogP contribution in [0, 0.1) is 23.2 Å². The van der Waals surface area contributed by atoms with Gasteiger partial charge in [-0.1, -0.05) is 0 Å². The van der Waals surface area contributed by atoms with Crippen LogP contribution in [-0.4, -0.2) is 20.8 Å². The molecule has 4 bridgehead atoms. The van der Waals surface area contributed by atoms with E-state index < -0.39 is 0 Å². The van der Waals surface area contributed by atoms with Gasteiger partial charge in [0.1, 0.15) is 6.33 Å². The predicted octanol–water partition coefficient (Wildman–Crippen LogP) is 2.51. The molecule has 1 heterocycles. The van der Waals surface area contributed by atoms with E-state index in [9.17, 15) is 0 Å². The summed E-state index contributed by atoms with van der Waals surface area (Å²) >= 11 is 0. The van der Waals surface area contributed by atoms with Gasteiger partial charge in [0.2, 0.25) is 0 Å². The summed E-state index contributed by atoms with van der Waals surface area (Å²) in [5.41, 5.74) is 0.573. The Kier molecular flexibility index (Phi) is 2.92. The summed E-state index contributed by atoms with van der Waals surface area (Å²) in [7, 11) is 1.93. The normalized spacial score (nSPS) is 40.2. The topological polar surface area (TPSA) is 42.7 Å². The van der Waals surface area contributed by atoms with Crippen LogP contribution in [0.15, 0.2) is 6.33 Å². The van der Waals surface area contributed by atoms with Crippen LogP contribution >= 0.6 is 0 Å². The number of nitrogens with one attached hydrogen (secondary N) is 1. The molecule has 0 aromatic carbocycles. The van der Waals surface area contributed by atoms with Gasteiger partial charge in [0, 0.05) is 13.1 Å². The third-order valence-electron chi connectivity index (χ3n) is 6.22. The van der Waals surface area contributed by atoms with Crippen molar-refractivity contribution in [2.24, 2.45) is 30.2 Å². The highest BCUT2D eigenvalue weighted by Gasteiger charge is 2.52. The van der Waals surface area contributed by atoms with Crippen LogP contribution < -0.4 is 5.32 Å². The van der Waals surface area contributed by atoms with Crippen LogP contribution in [0.3, 0.4) is 0 Å². The van der Waals surface area contributed by atoms with Gasteiger partial charge in [-0.25, -0.2) is 4.98 Å². The molecule has 1 aromatic heterocycles. The summed E-state index contributed by atoms with van der Waals surface area (Å²) in [4.78, 5) is 4.32. The average molecular weight is 274 g/mol. The monoisotopic (exact) mass is 274 g/mol. The van der Waals surface area contributed by atoms with Gasteiger partial charge in [0.15, 0.2) is 5.82 Å². The fraction of sp³-hybridized carbons (Fsp3) is 0.875. The highest BCUT2D eigenvalue weighted by molar-refractivity contribution is 5.05. The molecule has 4 saturated carbocycles. The maximum absolute atomic E-state index is 4.37. The fourth-order valence-corrected chi connectivity index (χ4v) is 5.63. The molecule has 1 unspecified atom stereocenters. The zero-order valence-corrected chi connectivity index (χ0v) is 12.7. The van der Waals surface area contributed by atoms with Crippen molar-refractivity contribution in [2.75, 3.05) is 0 Å². The molecule has 20 heavy (non-hydrogen) atoms. The molecule has 1 atom stereocenters. The van der Waals surface area contributed by atoms with Crippen molar-refractivity contribution in [2.45, 2.75) is 58.0 Å². The van der Waals surface area contributed by atoms with E-state index in [0.717, 1.165) is 30.1 Å². The molecule has 4 aliphatic carbocycles. The molecule has 0 saturated heterocycles. The standard InChI is InChI=1S/C16H26N4/c1-11(17-9-15-18-10-20(2)19-15)16-6-12-3-13(7-16)5-14(4-12)8-16/h10-14,17H,3-9H2,1-2H3. The number of hydrogen-bond donors (Lipinski definition) is 1. The largest absolute Gasteiger partial charge is 0.307 e. The van der Waals surface area contributed by atoms with E-state index in [1.807, 2.05) is 7.05 Å². The smallest absolute Gasteiger partial charge is 0.164 e. The number of rotatable bonds is 4. The molecule has 0 aliphatic heterocycles. The molecule has 0 radical (unpaired) electrons. The molecule has 4 heteroatoms. The van der Waals surface area contributed by atoms with Gasteiger partial charge >= 0.3 is 0 Å². The van der Waals surface area contributed by atoms with E-state index in [1.54, 1.807) is 11.0 Å². The predicted molar refractivity (Wildman–Crippen MR) is 77.9 cm³/mol. The van der Waals surface area contributed by atoms with Crippen molar-refractivity contribution in [3.8, 4) is 0 Å². The quantitative estimate of drug-likeness (QED) is 0.917. The summed E-state index contributed by atoms with van der Waals surface area (Å²) in [6, 6.07) is 0.597. The van der Waals surface area contributed by atoms with E-state index in [2.05, 4.69) is 22.3 Å². The van der Waals surface area contributed by atoms with Crippen LogP contribution in [0.5, 0.6) is 0 Å². The molecule has 1 N–H and O–H groups in total. The van der Waals surface area contributed by atoms with Crippen molar-refractivity contribution in [3.63, 3.8) is 0 Å². The van der Waals surface area contributed by atoms with Crippen LogP contribution in [0.1, 0.15) is 51.3 Å². The zero-order valence-electron chi connectivity index (χ0n) is 12.7. The highest BCUT2D eigenvalue weighted by Crippen LogP contribution is 2.61. The summed E-state index contributed by atoms with van der Waals surface area (Å²) in [6.45, 7) is 3.21. The Bertz CT molecular complexity index is 457. The molecule has 5 rings (SSSR count). The second kappa shape index (κ2) is 4.55. The van der Waals surface area contributed by atoms with Crippen molar-refractivity contribution in [3.05, 3.63) is 12.2 Å². The Labute approximate surface area is 121 Å². The minimum atomic E-state index is 0.573. The number of nitrogens with zero attached hydrogens (tertiary/aromatic N) is 3. The van der Waals surface area contributed by atoms with Crippen LogP contribution in [-0.2, 0) is 13.6 Å². The first-order valence-electron chi connectivity index (χ1n) is 8.21. The van der Waals surface area contributed by atoms with Crippen LogP contribution in [0.25, 0.3) is 0 Å². The highest BCUT2D eigenvalue weighted by atomic mass is 15.3. The average Bonchev–Trinajstić information content (AvgIpc) is 2.80. The Balaban J connectivity index is 1.44. The lowest BCUT2D eigenvalue weighted by molar-refractivity contribution is -0.0707. The molecule has 0 amide bonds. The fourth-order valence-electron chi connectivity index (χ4n) is 5.63. The van der Waals surface area contributed by atoms with E-state index in [4.69, 9.17) is 0 Å². The van der Waals surface area contributed by atoms with Gasteiger partial charge < -0.3 is 5.32 Å². The van der Waals surface area contributed by atoms with E-state index >= 15 is 0 Å².